The van der Waals surface area contributed by atoms with Crippen LogP contribution in [0.1, 0.15) is 46.1 Å². The molecule has 1 aromatic rings. The Morgan fingerprint density at radius 3 is 1.89 bits per heavy atom. The van der Waals surface area contributed by atoms with E-state index in [1.165, 1.54) is 24.3 Å². The molecule has 0 bridgehead atoms. The van der Waals surface area contributed by atoms with Gasteiger partial charge in [-0.3, -0.25) is 19.2 Å². The van der Waals surface area contributed by atoms with Crippen molar-refractivity contribution >= 4 is 29.7 Å². The fraction of sp³-hybridized carbons (Fsp3) is 0.542. The van der Waals surface area contributed by atoms with Gasteiger partial charge in [0.2, 0.25) is 17.7 Å². The molecule has 12 nitrogen and oxygen atoms in total. The van der Waals surface area contributed by atoms with Gasteiger partial charge in [-0.05, 0) is 29.5 Å². The molecular weight excluding hydrogens is 472 g/mol. The maximum atomic E-state index is 13.3. The second-order valence-electron chi connectivity index (χ2n) is 9.08. The quantitative estimate of drug-likeness (QED) is 0.180. The van der Waals surface area contributed by atoms with Gasteiger partial charge in [0, 0.05) is 6.42 Å². The summed E-state index contributed by atoms with van der Waals surface area (Å²) in [5, 5.41) is 35.3. The van der Waals surface area contributed by atoms with Crippen LogP contribution in [0.4, 0.5) is 0 Å². The molecule has 0 aliphatic carbocycles. The molecule has 0 heterocycles. The van der Waals surface area contributed by atoms with Gasteiger partial charge in [-0.2, -0.15) is 0 Å². The number of carbonyl (C=O) groups is 5. The zero-order valence-corrected chi connectivity index (χ0v) is 20.9. The van der Waals surface area contributed by atoms with Crippen molar-refractivity contribution in [3.63, 3.8) is 0 Å². The van der Waals surface area contributed by atoms with Gasteiger partial charge < -0.3 is 37.0 Å². The molecule has 0 aliphatic rings. The number of aromatic hydroxyl groups is 1. The minimum Gasteiger partial charge on any atom is -0.508 e. The van der Waals surface area contributed by atoms with Gasteiger partial charge in [0.05, 0.1) is 12.5 Å². The lowest BCUT2D eigenvalue weighted by molar-refractivity contribution is -0.144. The number of amides is 3. The summed E-state index contributed by atoms with van der Waals surface area (Å²) in [5.74, 6) is -5.58. The Kier molecular flexibility index (Phi) is 11.8. The van der Waals surface area contributed by atoms with E-state index in [4.69, 9.17) is 10.8 Å². The summed E-state index contributed by atoms with van der Waals surface area (Å²) in [6.45, 7) is 6.79. The van der Waals surface area contributed by atoms with E-state index in [9.17, 15) is 34.2 Å². The van der Waals surface area contributed by atoms with E-state index in [0.717, 1.165) is 0 Å². The summed E-state index contributed by atoms with van der Waals surface area (Å²) in [6.07, 6.45) is -0.213. The second kappa shape index (κ2) is 14.0. The number of carbonyl (C=O) groups excluding carboxylic acids is 3. The number of carboxylic acid groups (broad SMARTS) is 2. The van der Waals surface area contributed by atoms with Crippen LogP contribution in [0, 0.1) is 11.8 Å². The SMILES string of the molecule is CCC(C)C(NC(=O)C(Cc1ccc(O)cc1)NC(=O)C(N)CC(=O)O)C(=O)NC(C(=O)O)C(C)C. The molecule has 0 spiro atoms. The second-order valence-corrected chi connectivity index (χ2v) is 9.08. The standard InChI is InChI=1S/C24H36N4O8/c1-5-13(4)20(23(34)27-19(12(2)3)24(35)36)28-22(33)17(10-14-6-8-15(29)9-7-14)26-21(32)16(25)11-18(30)31/h6-9,12-13,16-17,19-20,29H,5,10-11,25H2,1-4H3,(H,26,32)(H,27,34)(H,28,33)(H,30,31)(H,35,36). The Labute approximate surface area is 209 Å². The number of hydrogen-bond donors (Lipinski definition) is 7. The van der Waals surface area contributed by atoms with Gasteiger partial charge >= 0.3 is 11.9 Å². The van der Waals surface area contributed by atoms with Crippen LogP contribution in [0.5, 0.6) is 5.75 Å². The molecule has 0 saturated heterocycles. The normalized spacial score (nSPS) is 15.2. The van der Waals surface area contributed by atoms with Crippen LogP contribution in [0.2, 0.25) is 0 Å². The van der Waals surface area contributed by atoms with Crippen molar-refractivity contribution in [3.8, 4) is 5.75 Å². The van der Waals surface area contributed by atoms with Crippen LogP contribution in [-0.2, 0) is 30.4 Å². The first-order valence-electron chi connectivity index (χ1n) is 11.7. The summed E-state index contributed by atoms with van der Waals surface area (Å²) in [5.41, 5.74) is 6.20. The van der Waals surface area contributed by atoms with Gasteiger partial charge in [0.15, 0.2) is 0 Å². The summed E-state index contributed by atoms with van der Waals surface area (Å²) in [4.78, 5) is 61.2. The lowest BCUT2D eigenvalue weighted by atomic mass is 9.95. The van der Waals surface area contributed by atoms with Crippen LogP contribution in [0.15, 0.2) is 24.3 Å². The number of phenols is 1. The minimum atomic E-state index is -1.41. The average Bonchev–Trinajstić information content (AvgIpc) is 2.80. The molecular formula is C24H36N4O8. The number of nitrogens with one attached hydrogen (secondary N) is 3. The Morgan fingerprint density at radius 1 is 0.861 bits per heavy atom. The highest BCUT2D eigenvalue weighted by Gasteiger charge is 2.33. The summed E-state index contributed by atoms with van der Waals surface area (Å²) < 4.78 is 0. The van der Waals surface area contributed by atoms with E-state index in [-0.39, 0.29) is 18.1 Å². The highest BCUT2D eigenvalue weighted by molar-refractivity contribution is 5.95. The fourth-order valence-corrected chi connectivity index (χ4v) is 3.35. The molecule has 1 aromatic carbocycles. The smallest absolute Gasteiger partial charge is 0.326 e. The van der Waals surface area contributed by atoms with Crippen LogP contribution >= 0.6 is 0 Å². The van der Waals surface area contributed by atoms with Gasteiger partial charge in [-0.25, -0.2) is 4.79 Å². The first-order valence-corrected chi connectivity index (χ1v) is 11.7. The van der Waals surface area contributed by atoms with Crippen LogP contribution < -0.4 is 21.7 Å². The Hall–Kier alpha value is -3.67. The molecule has 0 saturated carbocycles. The van der Waals surface area contributed by atoms with Crippen LogP contribution in [0.25, 0.3) is 0 Å². The molecule has 0 aromatic heterocycles. The van der Waals surface area contributed by atoms with E-state index < -0.39 is 66.2 Å². The zero-order chi connectivity index (χ0) is 27.6. The monoisotopic (exact) mass is 508 g/mol. The van der Waals surface area contributed by atoms with Crippen molar-refractivity contribution in [2.75, 3.05) is 0 Å². The number of rotatable bonds is 14. The third kappa shape index (κ3) is 9.53. The van der Waals surface area contributed by atoms with Gasteiger partial charge in [-0.15, -0.1) is 0 Å². The molecule has 3 amide bonds. The third-order valence-corrected chi connectivity index (χ3v) is 5.76. The molecule has 200 valence electrons. The Bertz CT molecular complexity index is 935. The molecule has 5 unspecified atom stereocenters. The molecule has 0 fully saturated rings. The molecule has 0 radical (unpaired) electrons. The molecule has 5 atom stereocenters. The average molecular weight is 509 g/mol. The molecule has 1 rings (SSSR count). The fourth-order valence-electron chi connectivity index (χ4n) is 3.35. The maximum absolute atomic E-state index is 13.3. The Morgan fingerprint density at radius 2 is 1.42 bits per heavy atom. The number of carboxylic acids is 2. The topological polar surface area (TPSA) is 208 Å². The predicted molar refractivity (Wildman–Crippen MR) is 130 cm³/mol. The summed E-state index contributed by atoms with van der Waals surface area (Å²) in [7, 11) is 0. The number of phenolic OH excluding ortho intramolecular Hbond substituents is 1. The minimum absolute atomic E-state index is 0.00101. The van der Waals surface area contributed by atoms with Crippen molar-refractivity contribution in [2.45, 2.75) is 71.1 Å². The number of aliphatic carboxylic acids is 2. The first-order chi connectivity index (χ1) is 16.8. The van der Waals surface area contributed by atoms with Crippen molar-refractivity contribution in [2.24, 2.45) is 17.6 Å². The highest BCUT2D eigenvalue weighted by Crippen LogP contribution is 2.14. The predicted octanol–water partition coefficient (Wildman–Crippen LogP) is -0.0222. The van der Waals surface area contributed by atoms with E-state index in [1.807, 2.05) is 0 Å². The van der Waals surface area contributed by atoms with E-state index >= 15 is 0 Å². The van der Waals surface area contributed by atoms with Crippen molar-refractivity contribution in [3.05, 3.63) is 29.8 Å². The highest BCUT2D eigenvalue weighted by atomic mass is 16.4. The number of nitrogens with two attached hydrogens (primary N) is 1. The first kappa shape index (κ1) is 30.4. The molecule has 36 heavy (non-hydrogen) atoms. The van der Waals surface area contributed by atoms with Crippen molar-refractivity contribution in [1.29, 1.82) is 0 Å². The molecule has 0 aliphatic heterocycles. The molecule has 12 heteroatoms. The number of hydrogen-bond acceptors (Lipinski definition) is 7. The maximum Gasteiger partial charge on any atom is 0.326 e. The largest absolute Gasteiger partial charge is 0.508 e. The van der Waals surface area contributed by atoms with Gasteiger partial charge in [0.25, 0.3) is 0 Å². The van der Waals surface area contributed by atoms with E-state index in [1.54, 1.807) is 27.7 Å². The van der Waals surface area contributed by atoms with Gasteiger partial charge in [-0.1, -0.05) is 46.2 Å². The Balaban J connectivity index is 3.18. The van der Waals surface area contributed by atoms with Crippen LogP contribution in [-0.4, -0.2) is 69.1 Å². The molecule has 8 N–H and O–H groups in total. The third-order valence-electron chi connectivity index (χ3n) is 5.76. The van der Waals surface area contributed by atoms with Crippen molar-refractivity contribution in [1.82, 2.24) is 16.0 Å². The van der Waals surface area contributed by atoms with Crippen molar-refractivity contribution < 1.29 is 39.3 Å². The lowest BCUT2D eigenvalue weighted by Gasteiger charge is -2.28. The summed E-state index contributed by atoms with van der Waals surface area (Å²) >= 11 is 0. The zero-order valence-electron chi connectivity index (χ0n) is 20.9. The van der Waals surface area contributed by atoms with Gasteiger partial charge in [0.1, 0.15) is 23.9 Å². The van der Waals surface area contributed by atoms with E-state index in [2.05, 4.69) is 16.0 Å². The lowest BCUT2D eigenvalue weighted by Crippen LogP contribution is -2.59. The summed E-state index contributed by atoms with van der Waals surface area (Å²) in [6, 6.07) is 0.967. The van der Waals surface area contributed by atoms with E-state index in [0.29, 0.717) is 12.0 Å². The number of benzene rings is 1. The van der Waals surface area contributed by atoms with Crippen LogP contribution in [0.3, 0.4) is 0 Å².